The predicted molar refractivity (Wildman–Crippen MR) is 49.2 cm³/mol. The van der Waals surface area contributed by atoms with Crippen molar-refractivity contribution in [2.24, 2.45) is 11.3 Å². The fourth-order valence-corrected chi connectivity index (χ4v) is 3.37. The SMILES string of the molecule is CCC12CN3CC(CN(C3)C1)C2=O. The monoisotopic (exact) mass is 180 g/mol. The Labute approximate surface area is 78.7 Å². The first-order valence-electron chi connectivity index (χ1n) is 5.22. The first kappa shape index (κ1) is 7.94. The predicted octanol–water partition coefficient (Wildman–Crippen LogP) is 0.170. The number of rotatable bonds is 1. The van der Waals surface area contributed by atoms with Gasteiger partial charge in [0.05, 0.1) is 12.1 Å². The summed E-state index contributed by atoms with van der Waals surface area (Å²) < 4.78 is 0. The minimum absolute atomic E-state index is 0.0133. The molecule has 0 N–H and O–H groups in total. The van der Waals surface area contributed by atoms with Crippen LogP contribution in [0.3, 0.4) is 0 Å². The number of hydrogen-bond donors (Lipinski definition) is 0. The zero-order chi connectivity index (χ0) is 9.05. The smallest absolute Gasteiger partial charge is 0.147 e. The summed E-state index contributed by atoms with van der Waals surface area (Å²) in [5.41, 5.74) is 0.0133. The van der Waals surface area contributed by atoms with Crippen molar-refractivity contribution < 1.29 is 4.79 Å². The quantitative estimate of drug-likeness (QED) is 0.575. The van der Waals surface area contributed by atoms with Gasteiger partial charge in [0.15, 0.2) is 0 Å². The van der Waals surface area contributed by atoms with Crippen LogP contribution in [0.4, 0.5) is 0 Å². The minimum atomic E-state index is 0.0133. The second-order valence-corrected chi connectivity index (χ2v) is 4.86. The second-order valence-electron chi connectivity index (χ2n) is 4.86. The second kappa shape index (κ2) is 2.34. The summed E-state index contributed by atoms with van der Waals surface area (Å²) in [6, 6.07) is 0. The topological polar surface area (TPSA) is 23.6 Å². The van der Waals surface area contributed by atoms with Crippen LogP contribution in [-0.2, 0) is 4.79 Å². The van der Waals surface area contributed by atoms with Crippen molar-refractivity contribution in [2.45, 2.75) is 13.3 Å². The number of Topliss-reactive ketones (excluding diaryl/α,β-unsaturated/α-hetero) is 1. The molecule has 2 atom stereocenters. The van der Waals surface area contributed by atoms with Crippen LogP contribution in [0.2, 0.25) is 0 Å². The van der Waals surface area contributed by atoms with Crippen molar-refractivity contribution in [3.63, 3.8) is 0 Å². The van der Waals surface area contributed by atoms with Crippen LogP contribution in [-0.4, -0.2) is 48.4 Å². The molecule has 72 valence electrons. The van der Waals surface area contributed by atoms with E-state index in [1.807, 2.05) is 0 Å². The normalized spacial score (nSPS) is 53.0. The van der Waals surface area contributed by atoms with E-state index in [4.69, 9.17) is 0 Å². The van der Waals surface area contributed by atoms with Gasteiger partial charge in [0, 0.05) is 32.1 Å². The first-order valence-corrected chi connectivity index (χ1v) is 5.22. The van der Waals surface area contributed by atoms with Crippen LogP contribution in [0.25, 0.3) is 0 Å². The maximum absolute atomic E-state index is 12.1. The summed E-state index contributed by atoms with van der Waals surface area (Å²) in [5.74, 6) is 0.887. The zero-order valence-electron chi connectivity index (χ0n) is 8.12. The van der Waals surface area contributed by atoms with E-state index in [1.165, 1.54) is 0 Å². The molecule has 4 fully saturated rings. The van der Waals surface area contributed by atoms with Crippen molar-refractivity contribution in [2.75, 3.05) is 32.8 Å². The Morgan fingerprint density at radius 2 is 2.00 bits per heavy atom. The van der Waals surface area contributed by atoms with E-state index >= 15 is 0 Å². The molecule has 0 amide bonds. The summed E-state index contributed by atoms with van der Waals surface area (Å²) in [5, 5.41) is 0. The van der Waals surface area contributed by atoms with Gasteiger partial charge >= 0.3 is 0 Å². The highest BCUT2D eigenvalue weighted by Gasteiger charge is 2.54. The third-order valence-corrected chi connectivity index (χ3v) is 3.98. The van der Waals surface area contributed by atoms with Gasteiger partial charge < -0.3 is 0 Å². The largest absolute Gasteiger partial charge is 0.299 e. The lowest BCUT2D eigenvalue weighted by atomic mass is 9.67. The summed E-state index contributed by atoms with van der Waals surface area (Å²) in [6.07, 6.45) is 1.02. The Bertz CT molecular complexity index is 250. The molecule has 4 aliphatic rings. The highest BCUT2D eigenvalue weighted by Crippen LogP contribution is 2.41. The third kappa shape index (κ3) is 0.891. The number of carbonyl (C=O) groups is 1. The van der Waals surface area contributed by atoms with Gasteiger partial charge in [-0.05, 0) is 6.42 Å². The highest BCUT2D eigenvalue weighted by molar-refractivity contribution is 5.89. The number of hydrogen-bond acceptors (Lipinski definition) is 3. The molecular formula is C10H16N2O. The molecule has 0 aromatic heterocycles. The molecule has 0 radical (unpaired) electrons. The lowest BCUT2D eigenvalue weighted by Gasteiger charge is -2.58. The van der Waals surface area contributed by atoms with Gasteiger partial charge in [0.25, 0.3) is 0 Å². The van der Waals surface area contributed by atoms with E-state index in [0.29, 0.717) is 11.7 Å². The van der Waals surface area contributed by atoms with Crippen molar-refractivity contribution in [1.29, 1.82) is 0 Å². The van der Waals surface area contributed by atoms with Crippen molar-refractivity contribution in [3.05, 3.63) is 0 Å². The standard InChI is InChI=1S/C10H16N2O/c1-2-10-5-11-3-8(9(10)13)4-12(6-10)7-11/h8H,2-7H2,1H3. The average molecular weight is 180 g/mol. The van der Waals surface area contributed by atoms with Crippen molar-refractivity contribution >= 4 is 5.78 Å². The summed E-state index contributed by atoms with van der Waals surface area (Å²) in [4.78, 5) is 17.0. The highest BCUT2D eigenvalue weighted by atomic mass is 16.1. The first-order chi connectivity index (χ1) is 6.23. The molecule has 13 heavy (non-hydrogen) atoms. The van der Waals surface area contributed by atoms with Crippen LogP contribution in [0, 0.1) is 11.3 Å². The van der Waals surface area contributed by atoms with Crippen LogP contribution in [0.5, 0.6) is 0 Å². The molecule has 0 saturated carbocycles. The lowest BCUT2D eigenvalue weighted by molar-refractivity contribution is -0.165. The molecule has 0 aliphatic carbocycles. The van der Waals surface area contributed by atoms with E-state index in [9.17, 15) is 4.79 Å². The van der Waals surface area contributed by atoms with E-state index in [1.54, 1.807) is 0 Å². The molecule has 4 bridgehead atoms. The van der Waals surface area contributed by atoms with E-state index in [-0.39, 0.29) is 5.41 Å². The van der Waals surface area contributed by atoms with Crippen LogP contribution in [0.15, 0.2) is 0 Å². The summed E-state index contributed by atoms with van der Waals surface area (Å²) >= 11 is 0. The molecular weight excluding hydrogens is 164 g/mol. The third-order valence-electron chi connectivity index (χ3n) is 3.98. The summed E-state index contributed by atoms with van der Waals surface area (Å²) in [6.45, 7) is 7.36. The van der Waals surface area contributed by atoms with Gasteiger partial charge in [-0.1, -0.05) is 6.92 Å². The van der Waals surface area contributed by atoms with Gasteiger partial charge in [0.2, 0.25) is 0 Å². The van der Waals surface area contributed by atoms with Gasteiger partial charge in [-0.2, -0.15) is 0 Å². The molecule has 0 aromatic rings. The molecule has 0 aromatic carbocycles. The fourth-order valence-electron chi connectivity index (χ4n) is 3.37. The van der Waals surface area contributed by atoms with Crippen LogP contribution in [0.1, 0.15) is 13.3 Å². The molecule has 2 unspecified atom stereocenters. The maximum atomic E-state index is 12.1. The average Bonchev–Trinajstić information content (AvgIpc) is 2.12. The molecule has 4 rings (SSSR count). The molecule has 4 heterocycles. The van der Waals surface area contributed by atoms with Gasteiger partial charge in [0.1, 0.15) is 5.78 Å². The van der Waals surface area contributed by atoms with E-state index < -0.39 is 0 Å². The zero-order valence-corrected chi connectivity index (χ0v) is 8.12. The number of nitrogens with zero attached hydrogens (tertiary/aromatic N) is 2. The Balaban J connectivity index is 2.00. The molecule has 4 saturated heterocycles. The molecule has 0 spiro atoms. The van der Waals surface area contributed by atoms with Gasteiger partial charge in [-0.15, -0.1) is 0 Å². The van der Waals surface area contributed by atoms with Crippen LogP contribution < -0.4 is 0 Å². The Hall–Kier alpha value is -0.410. The van der Waals surface area contributed by atoms with E-state index in [0.717, 1.165) is 39.3 Å². The molecule has 3 heteroatoms. The van der Waals surface area contributed by atoms with Crippen molar-refractivity contribution in [1.82, 2.24) is 9.80 Å². The Morgan fingerprint density at radius 3 is 2.54 bits per heavy atom. The Morgan fingerprint density at radius 1 is 1.38 bits per heavy atom. The number of ketones is 1. The van der Waals surface area contributed by atoms with E-state index in [2.05, 4.69) is 16.7 Å². The molecule has 4 aliphatic heterocycles. The fraction of sp³-hybridized carbons (Fsp3) is 0.900. The van der Waals surface area contributed by atoms with Crippen molar-refractivity contribution in [3.8, 4) is 0 Å². The van der Waals surface area contributed by atoms with Gasteiger partial charge in [-0.3, -0.25) is 14.6 Å². The number of piperidine rings is 2. The lowest BCUT2D eigenvalue weighted by Crippen LogP contribution is -2.71. The Kier molecular flexibility index (Phi) is 1.43. The maximum Gasteiger partial charge on any atom is 0.147 e. The molecule has 3 nitrogen and oxygen atoms in total. The number of carbonyl (C=O) groups excluding carboxylic acids is 1. The summed E-state index contributed by atoms with van der Waals surface area (Å²) in [7, 11) is 0. The van der Waals surface area contributed by atoms with Gasteiger partial charge in [-0.25, -0.2) is 0 Å². The minimum Gasteiger partial charge on any atom is -0.299 e. The van der Waals surface area contributed by atoms with Crippen LogP contribution >= 0.6 is 0 Å².